The van der Waals surface area contributed by atoms with Crippen LogP contribution in [0.1, 0.15) is 32.3 Å². The van der Waals surface area contributed by atoms with E-state index in [0.717, 1.165) is 11.3 Å². The van der Waals surface area contributed by atoms with Gasteiger partial charge in [0.25, 0.3) is 0 Å². The molecule has 1 aromatic heterocycles. The maximum Gasteiger partial charge on any atom is 0.229 e. The molecule has 1 aliphatic rings. The molecular formula is C19H23FN4. The van der Waals surface area contributed by atoms with Gasteiger partial charge in [-0.1, -0.05) is 29.8 Å². The summed E-state index contributed by atoms with van der Waals surface area (Å²) in [6.07, 6.45) is 5.87. The van der Waals surface area contributed by atoms with Gasteiger partial charge in [0.1, 0.15) is 0 Å². The topological polar surface area (TPSA) is 49.8 Å². The second kappa shape index (κ2) is 6.99. The molecule has 0 amide bonds. The first-order valence-corrected chi connectivity index (χ1v) is 8.33. The molecule has 1 unspecified atom stereocenters. The van der Waals surface area contributed by atoms with Crippen LogP contribution in [0, 0.1) is 18.7 Å². The molecule has 0 aliphatic heterocycles. The predicted octanol–water partition coefficient (Wildman–Crippen LogP) is 4.82. The zero-order valence-electron chi connectivity index (χ0n) is 14.3. The highest BCUT2D eigenvalue weighted by Crippen LogP contribution is 2.36. The van der Waals surface area contributed by atoms with Crippen molar-refractivity contribution in [1.82, 2.24) is 9.97 Å². The number of rotatable bonds is 6. The van der Waals surface area contributed by atoms with E-state index in [1.165, 1.54) is 24.6 Å². The quantitative estimate of drug-likeness (QED) is 0.747. The van der Waals surface area contributed by atoms with Gasteiger partial charge < -0.3 is 10.6 Å². The van der Waals surface area contributed by atoms with Crippen LogP contribution in [0.2, 0.25) is 0 Å². The molecule has 4 nitrogen and oxygen atoms in total. The SMILES string of the molecule is C/C(=C\C(C)Nc1nc(Nc2ccccc2C)ncc1F)C1CC1. The Kier molecular flexibility index (Phi) is 4.79. The van der Waals surface area contributed by atoms with Crippen molar-refractivity contribution in [2.45, 2.75) is 39.7 Å². The molecule has 0 spiro atoms. The average molecular weight is 326 g/mol. The Bertz CT molecular complexity index is 753. The monoisotopic (exact) mass is 326 g/mol. The van der Waals surface area contributed by atoms with E-state index in [9.17, 15) is 4.39 Å². The van der Waals surface area contributed by atoms with Gasteiger partial charge in [-0.25, -0.2) is 9.37 Å². The van der Waals surface area contributed by atoms with Crippen LogP contribution < -0.4 is 10.6 Å². The standard InChI is InChI=1S/C19H23FN4/c1-12-6-4-5-7-17(12)23-19-21-11-16(20)18(24-19)22-14(3)10-13(2)15-8-9-15/h4-7,10-11,14-15H,8-9H2,1-3H3,(H2,21,22,23,24)/b13-10+. The van der Waals surface area contributed by atoms with Crippen molar-refractivity contribution in [3.05, 3.63) is 53.5 Å². The van der Waals surface area contributed by atoms with Gasteiger partial charge in [0.15, 0.2) is 11.6 Å². The Hall–Kier alpha value is -2.43. The zero-order chi connectivity index (χ0) is 17.1. The van der Waals surface area contributed by atoms with Gasteiger partial charge >= 0.3 is 0 Å². The molecule has 2 aromatic rings. The molecule has 0 radical (unpaired) electrons. The Morgan fingerprint density at radius 3 is 2.79 bits per heavy atom. The Labute approximate surface area is 142 Å². The molecule has 1 aromatic carbocycles. The normalized spacial score (nSPS) is 15.9. The number of nitrogens with zero attached hydrogens (tertiary/aromatic N) is 2. The molecule has 1 aliphatic carbocycles. The molecule has 1 saturated carbocycles. The first-order chi connectivity index (χ1) is 11.5. The lowest BCUT2D eigenvalue weighted by Crippen LogP contribution is -2.16. The van der Waals surface area contributed by atoms with E-state index in [0.29, 0.717) is 11.9 Å². The zero-order valence-corrected chi connectivity index (χ0v) is 14.3. The third kappa shape index (κ3) is 4.10. The summed E-state index contributed by atoms with van der Waals surface area (Å²) < 4.78 is 14.0. The third-order valence-electron chi connectivity index (χ3n) is 4.23. The number of halogens is 1. The van der Waals surface area contributed by atoms with Gasteiger partial charge in [-0.2, -0.15) is 4.98 Å². The van der Waals surface area contributed by atoms with Crippen LogP contribution in [0.15, 0.2) is 42.1 Å². The van der Waals surface area contributed by atoms with Crippen molar-refractivity contribution in [3.63, 3.8) is 0 Å². The van der Waals surface area contributed by atoms with Crippen LogP contribution in [0.4, 0.5) is 21.8 Å². The molecule has 1 atom stereocenters. The summed E-state index contributed by atoms with van der Waals surface area (Å²) in [7, 11) is 0. The fourth-order valence-electron chi connectivity index (χ4n) is 2.69. The van der Waals surface area contributed by atoms with E-state index in [-0.39, 0.29) is 11.9 Å². The number of aryl methyl sites for hydroxylation is 1. The highest BCUT2D eigenvalue weighted by molar-refractivity contribution is 5.59. The minimum Gasteiger partial charge on any atom is -0.362 e. The maximum absolute atomic E-state index is 14.0. The first-order valence-electron chi connectivity index (χ1n) is 8.33. The number of aromatic nitrogens is 2. The maximum atomic E-state index is 14.0. The van der Waals surface area contributed by atoms with E-state index in [2.05, 4.69) is 33.6 Å². The molecule has 126 valence electrons. The largest absolute Gasteiger partial charge is 0.362 e. The van der Waals surface area contributed by atoms with Gasteiger partial charge in [0.05, 0.1) is 6.20 Å². The van der Waals surface area contributed by atoms with Crippen molar-refractivity contribution >= 4 is 17.5 Å². The summed E-state index contributed by atoms with van der Waals surface area (Å²) in [5, 5.41) is 6.26. The lowest BCUT2D eigenvalue weighted by atomic mass is 10.1. The molecule has 5 heteroatoms. The predicted molar refractivity (Wildman–Crippen MR) is 96.0 cm³/mol. The third-order valence-corrected chi connectivity index (χ3v) is 4.23. The smallest absolute Gasteiger partial charge is 0.229 e. The summed E-state index contributed by atoms with van der Waals surface area (Å²) in [6, 6.07) is 7.86. The number of hydrogen-bond donors (Lipinski definition) is 2. The Morgan fingerprint density at radius 1 is 1.33 bits per heavy atom. The molecule has 0 saturated heterocycles. The molecule has 3 rings (SSSR count). The van der Waals surface area contributed by atoms with Gasteiger partial charge in [0, 0.05) is 11.7 Å². The van der Waals surface area contributed by atoms with E-state index in [1.54, 1.807) is 0 Å². The lowest BCUT2D eigenvalue weighted by molar-refractivity contribution is 0.616. The molecule has 1 fully saturated rings. The molecule has 0 bridgehead atoms. The van der Waals surface area contributed by atoms with Crippen LogP contribution in [0.3, 0.4) is 0 Å². The van der Waals surface area contributed by atoms with E-state index < -0.39 is 5.82 Å². The van der Waals surface area contributed by atoms with Gasteiger partial charge in [-0.05, 0) is 51.2 Å². The minimum atomic E-state index is -0.449. The van der Waals surface area contributed by atoms with E-state index in [4.69, 9.17) is 0 Å². The van der Waals surface area contributed by atoms with Crippen molar-refractivity contribution in [2.75, 3.05) is 10.6 Å². The van der Waals surface area contributed by atoms with Gasteiger partial charge in [-0.15, -0.1) is 0 Å². The second-order valence-corrected chi connectivity index (χ2v) is 6.45. The molecule has 24 heavy (non-hydrogen) atoms. The van der Waals surface area contributed by atoms with Gasteiger partial charge in [0.2, 0.25) is 5.95 Å². The van der Waals surface area contributed by atoms with Crippen LogP contribution >= 0.6 is 0 Å². The van der Waals surface area contributed by atoms with Crippen LogP contribution in [-0.4, -0.2) is 16.0 Å². The Balaban J connectivity index is 1.74. The summed E-state index contributed by atoms with van der Waals surface area (Å²) >= 11 is 0. The summed E-state index contributed by atoms with van der Waals surface area (Å²) in [5.74, 6) is 0.856. The minimum absolute atomic E-state index is 0.0151. The highest BCUT2D eigenvalue weighted by atomic mass is 19.1. The van der Waals surface area contributed by atoms with Crippen LogP contribution in [-0.2, 0) is 0 Å². The Morgan fingerprint density at radius 2 is 2.08 bits per heavy atom. The van der Waals surface area contributed by atoms with E-state index >= 15 is 0 Å². The van der Waals surface area contributed by atoms with Crippen molar-refractivity contribution in [1.29, 1.82) is 0 Å². The molecule has 1 heterocycles. The summed E-state index contributed by atoms with van der Waals surface area (Å²) in [6.45, 7) is 6.14. The number of para-hydroxylation sites is 1. The summed E-state index contributed by atoms with van der Waals surface area (Å²) in [4.78, 5) is 8.31. The average Bonchev–Trinajstić information content (AvgIpc) is 3.37. The summed E-state index contributed by atoms with van der Waals surface area (Å²) in [5.41, 5.74) is 3.35. The fourth-order valence-corrected chi connectivity index (χ4v) is 2.69. The van der Waals surface area contributed by atoms with Crippen LogP contribution in [0.5, 0.6) is 0 Å². The van der Waals surface area contributed by atoms with Crippen molar-refractivity contribution in [2.24, 2.45) is 5.92 Å². The van der Waals surface area contributed by atoms with Crippen molar-refractivity contribution in [3.8, 4) is 0 Å². The number of hydrogen-bond acceptors (Lipinski definition) is 4. The number of benzene rings is 1. The van der Waals surface area contributed by atoms with Crippen LogP contribution in [0.25, 0.3) is 0 Å². The first kappa shape index (κ1) is 16.4. The van der Waals surface area contributed by atoms with Gasteiger partial charge in [-0.3, -0.25) is 0 Å². The van der Waals surface area contributed by atoms with Crippen molar-refractivity contribution < 1.29 is 4.39 Å². The highest BCUT2D eigenvalue weighted by Gasteiger charge is 2.23. The lowest BCUT2D eigenvalue weighted by Gasteiger charge is -2.14. The van der Waals surface area contributed by atoms with E-state index in [1.807, 2.05) is 38.1 Å². The fraction of sp³-hybridized carbons (Fsp3) is 0.368. The molecular weight excluding hydrogens is 303 g/mol. The number of nitrogens with one attached hydrogen (secondary N) is 2. The second-order valence-electron chi connectivity index (χ2n) is 6.45. The molecule has 2 N–H and O–H groups in total. The number of allylic oxidation sites excluding steroid dienone is 1. The number of anilines is 3.